The van der Waals surface area contributed by atoms with E-state index in [0.29, 0.717) is 0 Å². The van der Waals surface area contributed by atoms with Crippen LogP contribution in [0.25, 0.3) is 44.5 Å². The third kappa shape index (κ3) is 4.97. The van der Waals surface area contributed by atoms with Crippen LogP contribution in [-0.2, 0) is 16.2 Å². The number of rotatable bonds is 3. The van der Waals surface area contributed by atoms with Crippen molar-refractivity contribution >= 4 is 17.1 Å². The van der Waals surface area contributed by atoms with Crippen LogP contribution in [0.3, 0.4) is 0 Å². The summed E-state index contributed by atoms with van der Waals surface area (Å²) in [4.78, 5) is 2.59. The first kappa shape index (κ1) is 42.3. The van der Waals surface area contributed by atoms with Gasteiger partial charge < -0.3 is 14.4 Å². The monoisotopic (exact) mass is 991 g/mol. The highest BCUT2D eigenvalue weighted by Gasteiger charge is 2.55. The summed E-state index contributed by atoms with van der Waals surface area (Å²) in [5.74, 6) is 3.51. The van der Waals surface area contributed by atoms with E-state index in [0.717, 1.165) is 62.3 Å². The lowest BCUT2D eigenvalue weighted by atomic mass is 9.66. The third-order valence-electron chi connectivity index (χ3n) is 18.4. The average Bonchev–Trinajstić information content (AvgIpc) is 3.74. The van der Waals surface area contributed by atoms with Crippen LogP contribution in [0.5, 0.6) is 23.0 Å². The molecular formula is C75H45NO2. The molecule has 0 atom stereocenters. The van der Waals surface area contributed by atoms with Crippen molar-refractivity contribution in [1.82, 2.24) is 0 Å². The first-order valence-electron chi connectivity index (χ1n) is 27.2. The topological polar surface area (TPSA) is 21.7 Å². The number of para-hydroxylation sites is 4. The van der Waals surface area contributed by atoms with Crippen molar-refractivity contribution in [1.29, 1.82) is 0 Å². The zero-order chi connectivity index (χ0) is 50.9. The summed E-state index contributed by atoms with van der Waals surface area (Å²) in [7, 11) is 0. The lowest BCUT2D eigenvalue weighted by molar-refractivity contribution is 0.436. The molecule has 3 spiro atoms. The van der Waals surface area contributed by atoms with E-state index in [9.17, 15) is 0 Å². The first-order chi connectivity index (χ1) is 38.7. The molecule has 0 N–H and O–H groups in total. The molecule has 0 unspecified atom stereocenters. The van der Waals surface area contributed by atoms with Crippen LogP contribution < -0.4 is 14.4 Å². The zero-order valence-electron chi connectivity index (χ0n) is 42.2. The molecule has 362 valence electrons. The fourth-order valence-electron chi connectivity index (χ4n) is 15.7. The lowest BCUT2D eigenvalue weighted by Gasteiger charge is -2.40. The van der Waals surface area contributed by atoms with E-state index in [1.807, 2.05) is 0 Å². The molecular weight excluding hydrogens is 947 g/mol. The molecule has 0 radical (unpaired) electrons. The van der Waals surface area contributed by atoms with Crippen LogP contribution in [0.4, 0.5) is 17.1 Å². The summed E-state index contributed by atoms with van der Waals surface area (Å²) in [6.45, 7) is 0. The Morgan fingerprint density at radius 2 is 0.500 bits per heavy atom. The van der Waals surface area contributed by atoms with E-state index in [2.05, 4.69) is 278 Å². The Bertz CT molecular complexity index is 4290. The summed E-state index contributed by atoms with van der Waals surface area (Å²) < 4.78 is 13.7. The Morgan fingerprint density at radius 1 is 0.218 bits per heavy atom. The molecule has 0 amide bonds. The third-order valence-corrected chi connectivity index (χ3v) is 18.4. The van der Waals surface area contributed by atoms with Gasteiger partial charge in [-0.25, -0.2) is 0 Å². The van der Waals surface area contributed by atoms with Gasteiger partial charge in [-0.2, -0.15) is 0 Å². The summed E-state index contributed by atoms with van der Waals surface area (Å²) in [5, 5.41) is 0. The molecule has 0 saturated carbocycles. The Kier molecular flexibility index (Phi) is 8.20. The summed E-state index contributed by atoms with van der Waals surface area (Å²) in [6.07, 6.45) is 0. The molecule has 12 aromatic rings. The Labute approximate surface area is 452 Å². The molecule has 18 rings (SSSR count). The lowest BCUT2D eigenvalue weighted by Crippen LogP contribution is -2.32. The van der Waals surface area contributed by atoms with Crippen molar-refractivity contribution < 1.29 is 9.47 Å². The van der Waals surface area contributed by atoms with Crippen molar-refractivity contribution in [3.63, 3.8) is 0 Å². The van der Waals surface area contributed by atoms with E-state index in [1.54, 1.807) is 0 Å². The fourth-order valence-corrected chi connectivity index (χ4v) is 15.7. The smallest absolute Gasteiger partial charge is 0.132 e. The highest BCUT2D eigenvalue weighted by atomic mass is 16.5. The predicted molar refractivity (Wildman–Crippen MR) is 312 cm³/mol. The van der Waals surface area contributed by atoms with E-state index in [1.165, 1.54) is 89.0 Å². The largest absolute Gasteiger partial charge is 0.457 e. The van der Waals surface area contributed by atoms with Crippen molar-refractivity contribution in [2.24, 2.45) is 0 Å². The number of nitrogens with zero attached hydrogens (tertiary/aromatic N) is 1. The average molecular weight is 992 g/mol. The van der Waals surface area contributed by atoms with Crippen LogP contribution in [0, 0.1) is 0 Å². The minimum atomic E-state index is -0.662. The number of anilines is 3. The number of benzene rings is 12. The van der Waals surface area contributed by atoms with Gasteiger partial charge in [0.05, 0.1) is 21.9 Å². The van der Waals surface area contributed by atoms with Gasteiger partial charge in [-0.3, -0.25) is 0 Å². The Morgan fingerprint density at radius 3 is 0.885 bits per heavy atom. The van der Waals surface area contributed by atoms with Gasteiger partial charge in [-0.15, -0.1) is 0 Å². The highest BCUT2D eigenvalue weighted by Crippen LogP contribution is 2.68. The fraction of sp³-hybridized carbons (Fsp3) is 0.0400. The molecule has 2 aliphatic heterocycles. The number of hydrogen-bond acceptors (Lipinski definition) is 3. The normalized spacial score (nSPS) is 15.2. The molecule has 78 heavy (non-hydrogen) atoms. The quantitative estimate of drug-likeness (QED) is 0.176. The molecule has 0 aromatic heterocycles. The molecule has 4 aliphatic carbocycles. The second-order valence-corrected chi connectivity index (χ2v) is 21.7. The predicted octanol–water partition coefficient (Wildman–Crippen LogP) is 18.4. The molecule has 12 aromatic carbocycles. The van der Waals surface area contributed by atoms with Crippen molar-refractivity contribution in [3.05, 3.63) is 340 Å². The van der Waals surface area contributed by atoms with E-state index < -0.39 is 16.2 Å². The molecule has 6 aliphatic rings. The van der Waals surface area contributed by atoms with Crippen molar-refractivity contribution in [2.75, 3.05) is 4.90 Å². The molecule has 2 heterocycles. The molecule has 0 saturated heterocycles. The van der Waals surface area contributed by atoms with Gasteiger partial charge in [0.15, 0.2) is 0 Å². The maximum absolute atomic E-state index is 6.84. The standard InChI is InChI=1S/C75H45NO2/c1-6-25-55-48(20-1)49-21-2-7-26-56(49)73(55)59-29-10-5-24-54(59)72-64(73)34-19-35-67(72)76(46-40-42-52-50-22-3-8-27-57(50)74(65(52)44-46)60-30-11-15-36-68(60)77-69-37-16-12-31-61(69)74)47-41-43-53-51-23-4-9-28-58(51)75(66(53)45-47)62-32-13-17-38-70(62)78-71-39-18-14-33-63(71)75/h1-45H. The second kappa shape index (κ2) is 15.1. The van der Waals surface area contributed by atoms with Gasteiger partial charge in [0.1, 0.15) is 23.0 Å². The zero-order valence-corrected chi connectivity index (χ0v) is 42.2. The van der Waals surface area contributed by atoms with Crippen molar-refractivity contribution in [3.8, 4) is 67.5 Å². The van der Waals surface area contributed by atoms with Gasteiger partial charge in [0.25, 0.3) is 0 Å². The van der Waals surface area contributed by atoms with Gasteiger partial charge in [0, 0.05) is 39.2 Å². The minimum absolute atomic E-state index is 0.529. The van der Waals surface area contributed by atoms with Crippen LogP contribution >= 0.6 is 0 Å². The number of hydrogen-bond donors (Lipinski definition) is 0. The van der Waals surface area contributed by atoms with Crippen LogP contribution in [0.15, 0.2) is 273 Å². The minimum Gasteiger partial charge on any atom is -0.457 e. The second-order valence-electron chi connectivity index (χ2n) is 21.7. The van der Waals surface area contributed by atoms with Gasteiger partial charge in [-0.1, -0.05) is 218 Å². The summed E-state index contributed by atoms with van der Waals surface area (Å²) in [6, 6.07) is 102. The van der Waals surface area contributed by atoms with E-state index in [4.69, 9.17) is 9.47 Å². The number of ether oxygens (including phenoxy) is 2. The Balaban J connectivity index is 0.962. The molecule has 3 heteroatoms. The number of fused-ring (bicyclic) bond motifs is 28. The van der Waals surface area contributed by atoms with Gasteiger partial charge >= 0.3 is 0 Å². The maximum Gasteiger partial charge on any atom is 0.132 e. The molecule has 3 nitrogen and oxygen atoms in total. The summed E-state index contributed by atoms with van der Waals surface area (Å²) >= 11 is 0. The van der Waals surface area contributed by atoms with E-state index in [-0.39, 0.29) is 0 Å². The Hall–Kier alpha value is -9.96. The van der Waals surface area contributed by atoms with E-state index >= 15 is 0 Å². The molecule has 0 bridgehead atoms. The maximum atomic E-state index is 6.84. The molecule has 0 fully saturated rings. The van der Waals surface area contributed by atoms with Crippen molar-refractivity contribution in [2.45, 2.75) is 16.2 Å². The first-order valence-corrected chi connectivity index (χ1v) is 27.2. The summed E-state index contributed by atoms with van der Waals surface area (Å²) in [5.41, 5.74) is 26.2. The van der Waals surface area contributed by atoms with Crippen LogP contribution in [-0.4, -0.2) is 0 Å². The highest BCUT2D eigenvalue weighted by molar-refractivity contribution is 6.02. The van der Waals surface area contributed by atoms with Gasteiger partial charge in [0.2, 0.25) is 0 Å². The van der Waals surface area contributed by atoms with Crippen LogP contribution in [0.1, 0.15) is 66.8 Å². The SMILES string of the molecule is c1ccc2c(c1)Oc1ccccc1C21c2ccccc2-c2ccc(N(c3ccc4c(c3)C3(c5ccccc5Oc5ccccc53)c3ccccc3-4)c3cccc4c3-c3ccccc3C43c4ccccc4-c4ccccc43)cc21. The van der Waals surface area contributed by atoms with Gasteiger partial charge in [-0.05, 0) is 138 Å². The van der Waals surface area contributed by atoms with Crippen LogP contribution in [0.2, 0.25) is 0 Å².